The molecule has 5 nitrogen and oxygen atoms in total. The Balaban J connectivity index is 2.07. The quantitative estimate of drug-likeness (QED) is 0.894. The number of hydrogen-bond acceptors (Lipinski definition) is 4. The molecule has 1 heterocycles. The van der Waals surface area contributed by atoms with Gasteiger partial charge in [0.25, 0.3) is 0 Å². The zero-order valence-corrected chi connectivity index (χ0v) is 14.1. The van der Waals surface area contributed by atoms with Crippen LogP contribution in [0.1, 0.15) is 39.2 Å². The summed E-state index contributed by atoms with van der Waals surface area (Å²) in [7, 11) is 0. The van der Waals surface area contributed by atoms with Gasteiger partial charge in [0, 0.05) is 0 Å². The number of aliphatic hydroxyl groups is 2. The van der Waals surface area contributed by atoms with E-state index in [9.17, 15) is 15.0 Å². The molecule has 1 aromatic carbocycles. The number of carbonyl (C=O) groups is 1. The summed E-state index contributed by atoms with van der Waals surface area (Å²) in [6.45, 7) is 5.90. The number of amides is 1. The molecule has 0 unspecified atom stereocenters. The zero-order chi connectivity index (χ0) is 17.0. The molecule has 1 aliphatic rings. The molecule has 0 spiro atoms. The Morgan fingerprint density at radius 3 is 2.52 bits per heavy atom. The summed E-state index contributed by atoms with van der Waals surface area (Å²) in [5.74, 6) is 0. The molecule has 23 heavy (non-hydrogen) atoms. The van der Waals surface area contributed by atoms with Gasteiger partial charge in [0.2, 0.25) is 0 Å². The van der Waals surface area contributed by atoms with E-state index in [0.29, 0.717) is 12.8 Å². The Hall–Kier alpha value is -1.59. The molecule has 0 saturated carbocycles. The number of likely N-dealkylation sites (tertiary alicyclic amines) is 1. The standard InChI is InChI=1S/C18H27NO4/c1-18(2,3)16(21)15-10-9-14(11-20)19(15)17(22)23-12-13-7-5-4-6-8-13/h4-8,14-16,20-21H,9-12H2,1-3H3/t14-,15+,16-/m0/s1. The Morgan fingerprint density at radius 1 is 1.30 bits per heavy atom. The second-order valence-corrected chi connectivity index (χ2v) is 7.24. The number of benzene rings is 1. The van der Waals surface area contributed by atoms with Crippen molar-refractivity contribution in [2.45, 2.75) is 58.4 Å². The van der Waals surface area contributed by atoms with E-state index < -0.39 is 12.2 Å². The van der Waals surface area contributed by atoms with Crippen LogP contribution in [0.25, 0.3) is 0 Å². The van der Waals surface area contributed by atoms with Gasteiger partial charge in [-0.3, -0.25) is 4.90 Å². The molecule has 0 aliphatic carbocycles. The number of carbonyl (C=O) groups excluding carboxylic acids is 1. The van der Waals surface area contributed by atoms with Crippen LogP contribution in [0.2, 0.25) is 0 Å². The maximum atomic E-state index is 12.5. The van der Waals surface area contributed by atoms with Gasteiger partial charge in [0.1, 0.15) is 6.61 Å². The molecular formula is C18H27NO4. The molecule has 0 bridgehead atoms. The molecule has 0 aromatic heterocycles. The molecule has 2 N–H and O–H groups in total. The van der Waals surface area contributed by atoms with Crippen molar-refractivity contribution in [2.75, 3.05) is 6.61 Å². The average Bonchev–Trinajstić information content (AvgIpc) is 2.95. The topological polar surface area (TPSA) is 70.0 Å². The minimum atomic E-state index is -0.664. The molecule has 5 heteroatoms. The Labute approximate surface area is 137 Å². The summed E-state index contributed by atoms with van der Waals surface area (Å²) in [5, 5.41) is 20.1. The van der Waals surface area contributed by atoms with Crippen molar-refractivity contribution in [1.29, 1.82) is 0 Å². The van der Waals surface area contributed by atoms with Crippen molar-refractivity contribution in [3.63, 3.8) is 0 Å². The average molecular weight is 321 g/mol. The molecule has 1 saturated heterocycles. The minimum absolute atomic E-state index is 0.117. The van der Waals surface area contributed by atoms with Gasteiger partial charge >= 0.3 is 6.09 Å². The number of nitrogens with zero attached hydrogens (tertiary/aromatic N) is 1. The third-order valence-corrected chi connectivity index (χ3v) is 4.42. The molecule has 2 rings (SSSR count). The fourth-order valence-corrected chi connectivity index (χ4v) is 3.06. The van der Waals surface area contributed by atoms with Gasteiger partial charge in [-0.25, -0.2) is 4.79 Å². The van der Waals surface area contributed by atoms with Gasteiger partial charge in [0.05, 0.1) is 24.8 Å². The van der Waals surface area contributed by atoms with Crippen molar-refractivity contribution in [3.8, 4) is 0 Å². The molecule has 1 aromatic rings. The molecule has 3 atom stereocenters. The van der Waals surface area contributed by atoms with Crippen LogP contribution in [-0.2, 0) is 11.3 Å². The molecule has 1 aliphatic heterocycles. The highest BCUT2D eigenvalue weighted by atomic mass is 16.6. The lowest BCUT2D eigenvalue weighted by atomic mass is 9.84. The lowest BCUT2D eigenvalue weighted by Gasteiger charge is -2.37. The van der Waals surface area contributed by atoms with E-state index in [1.807, 2.05) is 51.1 Å². The summed E-state index contributed by atoms with van der Waals surface area (Å²) in [6, 6.07) is 8.85. The predicted octanol–water partition coefficient (Wildman–Crippen LogP) is 2.56. The van der Waals surface area contributed by atoms with Crippen molar-refractivity contribution >= 4 is 6.09 Å². The van der Waals surface area contributed by atoms with Gasteiger partial charge in [-0.05, 0) is 23.8 Å². The first kappa shape index (κ1) is 17.8. The number of rotatable bonds is 4. The van der Waals surface area contributed by atoms with E-state index in [1.165, 1.54) is 4.90 Å². The van der Waals surface area contributed by atoms with Crippen LogP contribution in [0.5, 0.6) is 0 Å². The maximum absolute atomic E-state index is 12.5. The van der Waals surface area contributed by atoms with Crippen LogP contribution >= 0.6 is 0 Å². The monoisotopic (exact) mass is 321 g/mol. The summed E-state index contributed by atoms with van der Waals surface area (Å²) >= 11 is 0. The zero-order valence-electron chi connectivity index (χ0n) is 14.1. The Bertz CT molecular complexity index is 512. The molecule has 1 amide bonds. The minimum Gasteiger partial charge on any atom is -0.445 e. The van der Waals surface area contributed by atoms with Crippen molar-refractivity contribution in [3.05, 3.63) is 35.9 Å². The second kappa shape index (κ2) is 7.32. The molecule has 128 valence electrons. The third kappa shape index (κ3) is 4.24. The smallest absolute Gasteiger partial charge is 0.410 e. The molecular weight excluding hydrogens is 294 g/mol. The van der Waals surface area contributed by atoms with Crippen LogP contribution in [0.4, 0.5) is 4.79 Å². The lowest BCUT2D eigenvalue weighted by Crippen LogP contribution is -2.51. The molecule has 1 fully saturated rings. The van der Waals surface area contributed by atoms with E-state index >= 15 is 0 Å². The van der Waals surface area contributed by atoms with E-state index in [4.69, 9.17) is 4.74 Å². The van der Waals surface area contributed by atoms with Gasteiger partial charge in [-0.2, -0.15) is 0 Å². The van der Waals surface area contributed by atoms with Crippen LogP contribution < -0.4 is 0 Å². The number of hydrogen-bond donors (Lipinski definition) is 2. The maximum Gasteiger partial charge on any atom is 0.410 e. The highest BCUT2D eigenvalue weighted by molar-refractivity contribution is 5.69. The first-order valence-electron chi connectivity index (χ1n) is 8.12. The summed E-state index contributed by atoms with van der Waals surface area (Å²) in [4.78, 5) is 14.0. The van der Waals surface area contributed by atoms with E-state index in [-0.39, 0.29) is 30.7 Å². The number of ether oxygens (including phenoxy) is 1. The molecule has 0 radical (unpaired) electrons. The van der Waals surface area contributed by atoms with Gasteiger partial charge in [-0.1, -0.05) is 51.1 Å². The van der Waals surface area contributed by atoms with Gasteiger partial charge in [-0.15, -0.1) is 0 Å². The largest absolute Gasteiger partial charge is 0.445 e. The first-order chi connectivity index (χ1) is 10.8. The van der Waals surface area contributed by atoms with E-state index in [2.05, 4.69) is 0 Å². The third-order valence-electron chi connectivity index (χ3n) is 4.42. The Kier molecular flexibility index (Phi) is 5.65. The fourth-order valence-electron chi connectivity index (χ4n) is 3.06. The SMILES string of the molecule is CC(C)(C)[C@@H](O)[C@H]1CC[C@@H](CO)N1C(=O)OCc1ccccc1. The van der Waals surface area contributed by atoms with Gasteiger partial charge < -0.3 is 14.9 Å². The predicted molar refractivity (Wildman–Crippen MR) is 87.8 cm³/mol. The van der Waals surface area contributed by atoms with Gasteiger partial charge in [0.15, 0.2) is 0 Å². The van der Waals surface area contributed by atoms with Crippen LogP contribution in [0.3, 0.4) is 0 Å². The Morgan fingerprint density at radius 2 is 1.96 bits per heavy atom. The highest BCUT2D eigenvalue weighted by Gasteiger charge is 2.44. The van der Waals surface area contributed by atoms with Crippen LogP contribution in [0, 0.1) is 5.41 Å². The fraction of sp³-hybridized carbons (Fsp3) is 0.611. The van der Waals surface area contributed by atoms with Crippen LogP contribution in [0.15, 0.2) is 30.3 Å². The van der Waals surface area contributed by atoms with Crippen LogP contribution in [-0.4, -0.2) is 46.0 Å². The van der Waals surface area contributed by atoms with E-state index in [1.54, 1.807) is 0 Å². The van der Waals surface area contributed by atoms with E-state index in [0.717, 1.165) is 5.56 Å². The van der Waals surface area contributed by atoms with Crippen molar-refractivity contribution in [2.24, 2.45) is 5.41 Å². The first-order valence-corrected chi connectivity index (χ1v) is 8.12. The van der Waals surface area contributed by atoms with Crippen molar-refractivity contribution < 1.29 is 19.7 Å². The second-order valence-electron chi connectivity index (χ2n) is 7.24. The lowest BCUT2D eigenvalue weighted by molar-refractivity contribution is -0.0192. The summed E-state index contributed by atoms with van der Waals surface area (Å²) in [6.07, 6.45) is 0.209. The summed E-state index contributed by atoms with van der Waals surface area (Å²) in [5.41, 5.74) is 0.570. The highest BCUT2D eigenvalue weighted by Crippen LogP contribution is 2.34. The van der Waals surface area contributed by atoms with Crippen molar-refractivity contribution in [1.82, 2.24) is 4.90 Å². The summed E-state index contributed by atoms with van der Waals surface area (Å²) < 4.78 is 5.40. The normalized spacial score (nSPS) is 22.9. The number of aliphatic hydroxyl groups excluding tert-OH is 2.